The number of carbonyl (C=O) groups excluding carboxylic acids is 1. The van der Waals surface area contributed by atoms with Gasteiger partial charge in [0.2, 0.25) is 10.0 Å². The van der Waals surface area contributed by atoms with Gasteiger partial charge in [-0.25, -0.2) is 13.1 Å². The van der Waals surface area contributed by atoms with E-state index in [0.29, 0.717) is 30.0 Å². The van der Waals surface area contributed by atoms with Gasteiger partial charge in [-0.05, 0) is 81.0 Å². The maximum absolute atomic E-state index is 12.9. The number of sulfonamides is 1. The first-order chi connectivity index (χ1) is 16.9. The lowest BCUT2D eigenvalue weighted by molar-refractivity contribution is 0.0973. The van der Waals surface area contributed by atoms with Gasteiger partial charge in [0.1, 0.15) is 5.75 Å². The van der Waals surface area contributed by atoms with Crippen LogP contribution in [0.3, 0.4) is 0 Å². The molecule has 0 aromatic heterocycles. The van der Waals surface area contributed by atoms with Crippen molar-refractivity contribution in [3.05, 3.63) is 88.4 Å². The molecule has 10 heteroatoms. The normalized spacial score (nSPS) is 11.6. The maximum atomic E-state index is 12.9. The Hall–Kier alpha value is -2.79. The number of halogens is 1. The molecule has 0 aliphatic rings. The Labute approximate surface area is 225 Å². The first-order valence-electron chi connectivity index (χ1n) is 11.2. The maximum Gasteiger partial charge on any atom is 0.261 e. The van der Waals surface area contributed by atoms with Gasteiger partial charge < -0.3 is 10.1 Å². The molecule has 0 fully saturated rings. The minimum atomic E-state index is -3.65. The van der Waals surface area contributed by atoms with Crippen molar-refractivity contribution in [3.63, 3.8) is 0 Å². The number of rotatable bonds is 8. The van der Waals surface area contributed by atoms with Gasteiger partial charge in [0.05, 0.1) is 17.1 Å². The van der Waals surface area contributed by atoms with E-state index in [0.717, 1.165) is 10.0 Å². The first kappa shape index (κ1) is 27.8. The molecule has 0 saturated heterocycles. The largest absolute Gasteiger partial charge is 0.492 e. The number of hydrogen-bond acceptors (Lipinski definition) is 5. The topological polar surface area (TPSA) is 96.5 Å². The molecule has 7 nitrogen and oxygen atoms in total. The molecule has 0 spiro atoms. The van der Waals surface area contributed by atoms with Crippen molar-refractivity contribution in [2.24, 2.45) is 0 Å². The summed E-state index contributed by atoms with van der Waals surface area (Å²) in [5.74, 6) is 0.00688. The Morgan fingerprint density at radius 2 is 1.67 bits per heavy atom. The predicted molar refractivity (Wildman–Crippen MR) is 150 cm³/mol. The zero-order valence-electron chi connectivity index (χ0n) is 20.2. The fourth-order valence-corrected chi connectivity index (χ4v) is 5.23. The monoisotopic (exact) mass is 589 g/mol. The summed E-state index contributed by atoms with van der Waals surface area (Å²) in [5, 5.41) is 5.61. The van der Waals surface area contributed by atoms with Crippen molar-refractivity contribution in [2.45, 2.75) is 37.6 Å². The fraction of sp³-hybridized carbons (Fsp3) is 0.231. The SMILES string of the molecule is CC(C)(C)NS(=O)(=O)c1ccc(NC(=S)NC(=O)c2cc(Br)ccc2OCCc2ccccc2)cc1. The summed E-state index contributed by atoms with van der Waals surface area (Å²) in [5.41, 5.74) is 1.40. The summed E-state index contributed by atoms with van der Waals surface area (Å²) in [6.07, 6.45) is 0.703. The highest BCUT2D eigenvalue weighted by molar-refractivity contribution is 9.10. The summed E-state index contributed by atoms with van der Waals surface area (Å²) in [6, 6.07) is 21.2. The Morgan fingerprint density at radius 3 is 2.31 bits per heavy atom. The van der Waals surface area contributed by atoms with Crippen molar-refractivity contribution in [1.82, 2.24) is 10.0 Å². The minimum absolute atomic E-state index is 0.0682. The molecular weight excluding hydrogens is 562 g/mol. The second-order valence-electron chi connectivity index (χ2n) is 9.01. The zero-order valence-corrected chi connectivity index (χ0v) is 23.4. The fourth-order valence-electron chi connectivity index (χ4n) is 3.24. The van der Waals surface area contributed by atoms with E-state index >= 15 is 0 Å². The van der Waals surface area contributed by atoms with Crippen LogP contribution in [-0.4, -0.2) is 31.6 Å². The van der Waals surface area contributed by atoms with E-state index in [-0.39, 0.29) is 10.0 Å². The molecular formula is C26H28BrN3O4S2. The Morgan fingerprint density at radius 1 is 1.00 bits per heavy atom. The third-order valence-corrected chi connectivity index (χ3v) is 7.24. The average Bonchev–Trinajstić information content (AvgIpc) is 2.79. The minimum Gasteiger partial charge on any atom is -0.492 e. The Balaban J connectivity index is 1.62. The van der Waals surface area contributed by atoms with Crippen LogP contribution >= 0.6 is 28.1 Å². The Kier molecular flexibility index (Phi) is 9.24. The molecule has 3 N–H and O–H groups in total. The summed E-state index contributed by atoms with van der Waals surface area (Å²) in [6.45, 7) is 5.72. The van der Waals surface area contributed by atoms with E-state index < -0.39 is 21.5 Å². The van der Waals surface area contributed by atoms with E-state index in [9.17, 15) is 13.2 Å². The molecule has 36 heavy (non-hydrogen) atoms. The van der Waals surface area contributed by atoms with E-state index in [2.05, 4.69) is 31.3 Å². The number of hydrogen-bond donors (Lipinski definition) is 3. The van der Waals surface area contributed by atoms with Crippen LogP contribution in [0.5, 0.6) is 5.75 Å². The van der Waals surface area contributed by atoms with Gasteiger partial charge in [0.25, 0.3) is 5.91 Å². The molecule has 0 aliphatic carbocycles. The molecule has 0 bridgehead atoms. The molecule has 3 rings (SSSR count). The molecule has 0 atom stereocenters. The molecule has 0 heterocycles. The van der Waals surface area contributed by atoms with Crippen molar-refractivity contribution in [3.8, 4) is 5.75 Å². The third kappa shape index (κ3) is 8.41. The van der Waals surface area contributed by atoms with Crippen LogP contribution in [0, 0.1) is 0 Å². The van der Waals surface area contributed by atoms with Gasteiger partial charge in [-0.15, -0.1) is 0 Å². The molecule has 3 aromatic carbocycles. The summed E-state index contributed by atoms with van der Waals surface area (Å²) >= 11 is 8.68. The standard InChI is InChI=1S/C26H28BrN3O4S2/c1-26(2,3)30-36(32,33)21-12-10-20(11-13-21)28-25(35)29-24(31)22-17-19(27)9-14-23(22)34-16-15-18-7-5-4-6-8-18/h4-14,17,30H,15-16H2,1-3H3,(H2,28,29,31,35). The highest BCUT2D eigenvalue weighted by atomic mass is 79.9. The van der Waals surface area contributed by atoms with Crippen LogP contribution in [0.25, 0.3) is 0 Å². The molecule has 1 amide bonds. The van der Waals surface area contributed by atoms with Crippen LogP contribution in [-0.2, 0) is 16.4 Å². The predicted octanol–water partition coefficient (Wildman–Crippen LogP) is 5.27. The van der Waals surface area contributed by atoms with E-state index in [1.54, 1.807) is 51.1 Å². The molecule has 3 aromatic rings. The van der Waals surface area contributed by atoms with E-state index in [1.165, 1.54) is 12.1 Å². The second-order valence-corrected chi connectivity index (χ2v) is 12.0. The number of amides is 1. The quantitative estimate of drug-likeness (QED) is 0.310. The number of nitrogens with one attached hydrogen (secondary N) is 3. The molecule has 0 unspecified atom stereocenters. The summed E-state index contributed by atoms with van der Waals surface area (Å²) < 4.78 is 34.2. The van der Waals surface area contributed by atoms with Crippen molar-refractivity contribution < 1.29 is 17.9 Å². The molecule has 0 saturated carbocycles. The first-order valence-corrected chi connectivity index (χ1v) is 13.8. The summed E-state index contributed by atoms with van der Waals surface area (Å²) in [7, 11) is -3.65. The number of benzene rings is 3. The summed E-state index contributed by atoms with van der Waals surface area (Å²) in [4.78, 5) is 13.1. The second kappa shape index (κ2) is 12.0. The van der Waals surface area contributed by atoms with Crippen LogP contribution in [0.4, 0.5) is 5.69 Å². The van der Waals surface area contributed by atoms with Crippen molar-refractivity contribution >= 4 is 54.9 Å². The molecule has 190 valence electrons. The lowest BCUT2D eigenvalue weighted by atomic mass is 10.1. The molecule has 0 aliphatic heterocycles. The van der Waals surface area contributed by atoms with Gasteiger partial charge in [-0.2, -0.15) is 0 Å². The van der Waals surface area contributed by atoms with Gasteiger partial charge in [0, 0.05) is 22.1 Å². The van der Waals surface area contributed by atoms with Crippen molar-refractivity contribution in [1.29, 1.82) is 0 Å². The average molecular weight is 591 g/mol. The zero-order chi connectivity index (χ0) is 26.3. The number of carbonyl (C=O) groups is 1. The van der Waals surface area contributed by atoms with Gasteiger partial charge in [-0.1, -0.05) is 46.3 Å². The smallest absolute Gasteiger partial charge is 0.261 e. The lowest BCUT2D eigenvalue weighted by Gasteiger charge is -2.20. The van der Waals surface area contributed by atoms with Crippen LogP contribution in [0.1, 0.15) is 36.7 Å². The number of ether oxygens (including phenoxy) is 1. The van der Waals surface area contributed by atoms with Crippen LogP contribution in [0.15, 0.2) is 82.2 Å². The van der Waals surface area contributed by atoms with Gasteiger partial charge in [0.15, 0.2) is 5.11 Å². The van der Waals surface area contributed by atoms with E-state index in [1.807, 2.05) is 30.3 Å². The number of anilines is 1. The third-order valence-electron chi connectivity index (χ3n) is 4.77. The number of thiocarbonyl (C=S) groups is 1. The van der Waals surface area contributed by atoms with Crippen molar-refractivity contribution in [2.75, 3.05) is 11.9 Å². The van der Waals surface area contributed by atoms with Crippen LogP contribution in [0.2, 0.25) is 0 Å². The Bertz CT molecular complexity index is 1320. The highest BCUT2D eigenvalue weighted by Gasteiger charge is 2.22. The van der Waals surface area contributed by atoms with Crippen LogP contribution < -0.4 is 20.1 Å². The highest BCUT2D eigenvalue weighted by Crippen LogP contribution is 2.24. The lowest BCUT2D eigenvalue weighted by Crippen LogP contribution is -2.40. The van der Waals surface area contributed by atoms with E-state index in [4.69, 9.17) is 17.0 Å². The van der Waals surface area contributed by atoms with Gasteiger partial charge in [-0.3, -0.25) is 10.1 Å². The van der Waals surface area contributed by atoms with Gasteiger partial charge >= 0.3 is 0 Å². The molecule has 0 radical (unpaired) electrons.